The molecule has 1 nitrogen and oxygen atoms in total. The molecule has 0 unspecified atom stereocenters. The quantitative estimate of drug-likeness (QED) is 0.737. The molecule has 1 heterocycles. The van der Waals surface area contributed by atoms with Gasteiger partial charge in [-0.2, -0.15) is 0 Å². The van der Waals surface area contributed by atoms with Gasteiger partial charge in [0.05, 0.1) is 0 Å². The first-order chi connectivity index (χ1) is 7.16. The van der Waals surface area contributed by atoms with Crippen molar-refractivity contribution in [2.45, 2.75) is 32.6 Å². The molecule has 0 atom stereocenters. The van der Waals surface area contributed by atoms with E-state index >= 15 is 0 Å². The van der Waals surface area contributed by atoms with Crippen molar-refractivity contribution < 1.29 is 8.78 Å². The fraction of sp³-hybridized carbons (Fsp3) is 0.500. The highest BCUT2D eigenvalue weighted by Crippen LogP contribution is 2.37. The van der Waals surface area contributed by atoms with Gasteiger partial charge in [-0.1, -0.05) is 25.8 Å². The second kappa shape index (κ2) is 4.25. The first kappa shape index (κ1) is 10.5. The van der Waals surface area contributed by atoms with E-state index in [-0.39, 0.29) is 5.69 Å². The number of rotatable bonds is 4. The lowest BCUT2D eigenvalue weighted by Gasteiger charge is -2.10. The molecule has 1 saturated carbocycles. The van der Waals surface area contributed by atoms with Gasteiger partial charge < -0.3 is 0 Å². The van der Waals surface area contributed by atoms with E-state index in [9.17, 15) is 8.78 Å². The van der Waals surface area contributed by atoms with E-state index in [1.165, 1.54) is 24.8 Å². The van der Waals surface area contributed by atoms with Gasteiger partial charge in [0.1, 0.15) is 5.69 Å². The third kappa shape index (κ3) is 2.74. The van der Waals surface area contributed by atoms with Crippen LogP contribution in [0.1, 0.15) is 43.9 Å². The average molecular weight is 210 g/mol. The van der Waals surface area contributed by atoms with Crippen molar-refractivity contribution in [2.24, 2.45) is 5.92 Å². The fourth-order valence-electron chi connectivity index (χ4n) is 1.66. The van der Waals surface area contributed by atoms with Crippen molar-refractivity contribution in [3.05, 3.63) is 35.5 Å². The van der Waals surface area contributed by atoms with Crippen LogP contribution in [0.2, 0.25) is 0 Å². The van der Waals surface area contributed by atoms with Crippen molar-refractivity contribution in [1.29, 1.82) is 0 Å². The minimum absolute atomic E-state index is 0.141. The molecule has 0 spiro atoms. The summed E-state index contributed by atoms with van der Waals surface area (Å²) < 4.78 is 24.5. The van der Waals surface area contributed by atoms with Crippen LogP contribution in [0.25, 0.3) is 0 Å². The van der Waals surface area contributed by atoms with Gasteiger partial charge in [0.25, 0.3) is 6.43 Å². The Balaban J connectivity index is 2.01. The smallest absolute Gasteiger partial charge is 0.255 e. The maximum atomic E-state index is 12.3. The van der Waals surface area contributed by atoms with Crippen molar-refractivity contribution in [3.8, 4) is 0 Å². The SMILES string of the molecule is C[C](CC1CC1)c1ccc(C(F)F)nc1. The average Bonchev–Trinajstić information content (AvgIpc) is 3.02. The number of pyridine rings is 1. The second-order valence-corrected chi connectivity index (χ2v) is 4.20. The highest BCUT2D eigenvalue weighted by molar-refractivity contribution is 5.28. The third-order valence-electron chi connectivity index (χ3n) is 2.79. The topological polar surface area (TPSA) is 12.9 Å². The number of hydrogen-bond acceptors (Lipinski definition) is 1. The predicted molar refractivity (Wildman–Crippen MR) is 54.6 cm³/mol. The third-order valence-corrected chi connectivity index (χ3v) is 2.79. The molecule has 0 N–H and O–H groups in total. The molecule has 3 heteroatoms. The van der Waals surface area contributed by atoms with Crippen molar-refractivity contribution in [3.63, 3.8) is 0 Å². The summed E-state index contributed by atoms with van der Waals surface area (Å²) in [7, 11) is 0. The summed E-state index contributed by atoms with van der Waals surface area (Å²) in [5.41, 5.74) is 0.851. The van der Waals surface area contributed by atoms with Gasteiger partial charge in [-0.05, 0) is 24.0 Å². The maximum Gasteiger partial charge on any atom is 0.280 e. The summed E-state index contributed by atoms with van der Waals surface area (Å²) in [6.07, 6.45) is 2.78. The van der Waals surface area contributed by atoms with Crippen LogP contribution in [-0.2, 0) is 0 Å². The van der Waals surface area contributed by atoms with Crippen LogP contribution in [0, 0.1) is 11.8 Å². The molecule has 0 bridgehead atoms. The van der Waals surface area contributed by atoms with Crippen molar-refractivity contribution >= 4 is 0 Å². The largest absolute Gasteiger partial charge is 0.280 e. The fourth-order valence-corrected chi connectivity index (χ4v) is 1.66. The molecule has 0 amide bonds. The molecule has 2 rings (SSSR count). The standard InChI is InChI=1S/C12H14F2N/c1-8(6-9-2-3-9)10-4-5-11(12(13)14)15-7-10/h4-5,7,9,12H,2-3,6H2,1H3. The molecule has 15 heavy (non-hydrogen) atoms. The summed E-state index contributed by atoms with van der Waals surface area (Å²) >= 11 is 0. The van der Waals surface area contributed by atoms with Crippen LogP contribution >= 0.6 is 0 Å². The van der Waals surface area contributed by atoms with Crippen LogP contribution in [0.5, 0.6) is 0 Å². The van der Waals surface area contributed by atoms with E-state index < -0.39 is 6.43 Å². The molecule has 0 aliphatic heterocycles. The molecule has 0 saturated heterocycles. The Kier molecular flexibility index (Phi) is 2.98. The minimum atomic E-state index is -2.47. The van der Waals surface area contributed by atoms with Crippen molar-refractivity contribution in [1.82, 2.24) is 4.98 Å². The van der Waals surface area contributed by atoms with E-state index in [1.54, 1.807) is 12.3 Å². The van der Waals surface area contributed by atoms with E-state index in [2.05, 4.69) is 11.9 Å². The zero-order valence-corrected chi connectivity index (χ0v) is 8.71. The number of hydrogen-bond donors (Lipinski definition) is 0. The number of aromatic nitrogens is 1. The van der Waals surface area contributed by atoms with Gasteiger partial charge in [-0.25, -0.2) is 8.78 Å². The van der Waals surface area contributed by atoms with Gasteiger partial charge in [0.15, 0.2) is 0 Å². The molecule has 1 aromatic heterocycles. The Labute approximate surface area is 88.5 Å². The van der Waals surface area contributed by atoms with Crippen LogP contribution in [0.3, 0.4) is 0 Å². The Morgan fingerprint density at radius 1 is 1.47 bits per heavy atom. The van der Waals surface area contributed by atoms with Gasteiger partial charge in [-0.15, -0.1) is 0 Å². The Hall–Kier alpha value is -0.990. The van der Waals surface area contributed by atoms with Gasteiger partial charge in [-0.3, -0.25) is 4.98 Å². The molecule has 0 aromatic carbocycles. The number of halogens is 2. The summed E-state index contributed by atoms with van der Waals surface area (Å²) in [6, 6.07) is 3.16. The van der Waals surface area contributed by atoms with E-state index in [0.717, 1.165) is 17.9 Å². The highest BCUT2D eigenvalue weighted by Gasteiger charge is 2.24. The lowest BCUT2D eigenvalue weighted by Crippen LogP contribution is -1.98. The molecular formula is C12H14F2N. The second-order valence-electron chi connectivity index (χ2n) is 4.20. The number of nitrogens with zero attached hydrogens (tertiary/aromatic N) is 1. The van der Waals surface area contributed by atoms with Gasteiger partial charge in [0, 0.05) is 12.1 Å². The lowest BCUT2D eigenvalue weighted by molar-refractivity contribution is 0.146. The molecular weight excluding hydrogens is 196 g/mol. The summed E-state index contributed by atoms with van der Waals surface area (Å²) in [5.74, 6) is 2.07. The van der Waals surface area contributed by atoms with E-state index in [1.807, 2.05) is 0 Å². The monoisotopic (exact) mass is 210 g/mol. The van der Waals surface area contributed by atoms with E-state index in [0.29, 0.717) is 0 Å². The van der Waals surface area contributed by atoms with Crippen LogP contribution in [0.4, 0.5) is 8.78 Å². The minimum Gasteiger partial charge on any atom is -0.255 e. The highest BCUT2D eigenvalue weighted by atomic mass is 19.3. The Morgan fingerprint density at radius 3 is 2.67 bits per heavy atom. The van der Waals surface area contributed by atoms with Crippen LogP contribution < -0.4 is 0 Å². The van der Waals surface area contributed by atoms with Crippen LogP contribution in [0.15, 0.2) is 18.3 Å². The molecule has 1 aliphatic carbocycles. The van der Waals surface area contributed by atoms with Gasteiger partial charge >= 0.3 is 0 Å². The normalized spacial score (nSPS) is 16.3. The van der Waals surface area contributed by atoms with Crippen molar-refractivity contribution in [2.75, 3.05) is 0 Å². The summed E-state index contributed by atoms with van der Waals surface area (Å²) in [5, 5.41) is 0. The lowest BCUT2D eigenvalue weighted by atomic mass is 9.97. The Morgan fingerprint density at radius 2 is 2.20 bits per heavy atom. The summed E-state index contributed by atoms with van der Waals surface area (Å²) in [6.45, 7) is 2.05. The Bertz CT molecular complexity index is 317. The van der Waals surface area contributed by atoms with Gasteiger partial charge in [0.2, 0.25) is 0 Å². The molecule has 81 valence electrons. The maximum absolute atomic E-state index is 12.3. The van der Waals surface area contributed by atoms with Crippen LogP contribution in [-0.4, -0.2) is 4.98 Å². The molecule has 1 fully saturated rings. The first-order valence-electron chi connectivity index (χ1n) is 5.23. The zero-order chi connectivity index (χ0) is 10.8. The predicted octanol–water partition coefficient (Wildman–Crippen LogP) is 3.76. The molecule has 1 radical (unpaired) electrons. The molecule has 1 aromatic rings. The number of alkyl halides is 2. The summed E-state index contributed by atoms with van der Waals surface area (Å²) in [4.78, 5) is 3.76. The van der Waals surface area contributed by atoms with E-state index in [4.69, 9.17) is 0 Å². The zero-order valence-electron chi connectivity index (χ0n) is 8.71. The first-order valence-corrected chi connectivity index (χ1v) is 5.23. The molecule has 1 aliphatic rings.